The van der Waals surface area contributed by atoms with Crippen molar-refractivity contribution in [1.29, 1.82) is 0 Å². The van der Waals surface area contributed by atoms with Crippen LogP contribution in [0.15, 0.2) is 12.5 Å². The maximum absolute atomic E-state index is 6.06. The lowest BCUT2D eigenvalue weighted by Crippen LogP contribution is -2.26. The van der Waals surface area contributed by atoms with Crippen molar-refractivity contribution >= 4 is 11.0 Å². The molecule has 0 spiro atoms. The van der Waals surface area contributed by atoms with Gasteiger partial charge in [0, 0.05) is 19.0 Å². The van der Waals surface area contributed by atoms with Crippen molar-refractivity contribution in [3.63, 3.8) is 0 Å². The third kappa shape index (κ3) is 1.67. The van der Waals surface area contributed by atoms with Crippen LogP contribution < -0.4 is 5.73 Å². The Morgan fingerprint density at radius 1 is 1.44 bits per heavy atom. The van der Waals surface area contributed by atoms with Crippen molar-refractivity contribution < 1.29 is 0 Å². The Bertz CT molecular complexity index is 490. The molecule has 0 radical (unpaired) electrons. The Morgan fingerprint density at radius 2 is 2.19 bits per heavy atom. The van der Waals surface area contributed by atoms with E-state index in [1.165, 1.54) is 0 Å². The summed E-state index contributed by atoms with van der Waals surface area (Å²) in [5.74, 6) is 0.222. The molecule has 0 saturated heterocycles. The molecule has 0 aliphatic heterocycles. The molecule has 0 fully saturated rings. The monoisotopic (exact) mass is 219 g/mol. The van der Waals surface area contributed by atoms with E-state index in [0.717, 1.165) is 23.1 Å². The summed E-state index contributed by atoms with van der Waals surface area (Å²) in [4.78, 5) is 8.56. The van der Waals surface area contributed by atoms with Gasteiger partial charge in [0.05, 0.1) is 17.3 Å². The van der Waals surface area contributed by atoms with Crippen LogP contribution in [-0.2, 0) is 7.05 Å². The first-order chi connectivity index (χ1) is 7.65. The highest BCUT2D eigenvalue weighted by molar-refractivity contribution is 5.77. The molecule has 5 heteroatoms. The topological polar surface area (TPSA) is 69.6 Å². The second kappa shape index (κ2) is 4.17. The van der Waals surface area contributed by atoms with Crippen molar-refractivity contribution in [3.05, 3.63) is 18.2 Å². The van der Waals surface area contributed by atoms with E-state index < -0.39 is 0 Å². The Labute approximate surface area is 94.7 Å². The first-order valence-corrected chi connectivity index (χ1v) is 5.53. The molecule has 0 aromatic carbocycles. The Balaban J connectivity index is 2.52. The summed E-state index contributed by atoms with van der Waals surface area (Å²) < 4.78 is 1.75. The molecule has 0 amide bonds. The van der Waals surface area contributed by atoms with Crippen molar-refractivity contribution in [2.24, 2.45) is 12.8 Å². The second-order valence-electron chi connectivity index (χ2n) is 4.13. The SMILES string of the molecule is CCC(N)C(C)c1ncnc2c1cnn2C. The standard InChI is InChI=1S/C11H17N5/c1-4-9(12)7(2)10-8-5-15-16(3)11(8)14-6-13-10/h5-7,9H,4,12H2,1-3H3. The zero-order chi connectivity index (χ0) is 11.7. The van der Waals surface area contributed by atoms with Crippen LogP contribution in [0.5, 0.6) is 0 Å². The fourth-order valence-electron chi connectivity index (χ4n) is 1.90. The minimum Gasteiger partial charge on any atom is -0.327 e. The zero-order valence-corrected chi connectivity index (χ0v) is 9.88. The molecule has 0 aliphatic carbocycles. The Morgan fingerprint density at radius 3 is 2.88 bits per heavy atom. The van der Waals surface area contributed by atoms with Gasteiger partial charge in [0.25, 0.3) is 0 Å². The van der Waals surface area contributed by atoms with E-state index in [4.69, 9.17) is 5.73 Å². The fourth-order valence-corrected chi connectivity index (χ4v) is 1.90. The summed E-state index contributed by atoms with van der Waals surface area (Å²) in [6.45, 7) is 4.19. The van der Waals surface area contributed by atoms with Crippen molar-refractivity contribution in [2.75, 3.05) is 0 Å². The highest BCUT2D eigenvalue weighted by Gasteiger charge is 2.18. The van der Waals surface area contributed by atoms with E-state index in [1.54, 1.807) is 11.0 Å². The molecular formula is C11H17N5. The molecule has 2 atom stereocenters. The quantitative estimate of drug-likeness (QED) is 0.842. The average Bonchev–Trinajstić information content (AvgIpc) is 2.69. The predicted octanol–water partition coefficient (Wildman–Crippen LogP) is 1.20. The minimum absolute atomic E-state index is 0.123. The maximum atomic E-state index is 6.06. The molecular weight excluding hydrogens is 202 g/mol. The van der Waals surface area contributed by atoms with Crippen LogP contribution in [0, 0.1) is 0 Å². The number of hydrogen-bond donors (Lipinski definition) is 1. The Hall–Kier alpha value is -1.49. The van der Waals surface area contributed by atoms with Gasteiger partial charge in [0.15, 0.2) is 5.65 Å². The van der Waals surface area contributed by atoms with Crippen LogP contribution in [0.25, 0.3) is 11.0 Å². The molecule has 2 aromatic rings. The molecule has 16 heavy (non-hydrogen) atoms. The summed E-state index contributed by atoms with van der Waals surface area (Å²) in [6.07, 6.45) is 4.33. The molecule has 2 N–H and O–H groups in total. The van der Waals surface area contributed by atoms with Crippen LogP contribution in [0.4, 0.5) is 0 Å². The van der Waals surface area contributed by atoms with Crippen LogP contribution in [-0.4, -0.2) is 25.8 Å². The molecule has 2 unspecified atom stereocenters. The number of nitrogens with zero attached hydrogens (tertiary/aromatic N) is 4. The summed E-state index contributed by atoms with van der Waals surface area (Å²) in [7, 11) is 1.88. The van der Waals surface area contributed by atoms with Crippen LogP contribution in [0.2, 0.25) is 0 Å². The summed E-state index contributed by atoms with van der Waals surface area (Å²) >= 11 is 0. The largest absolute Gasteiger partial charge is 0.327 e. The number of aryl methyl sites for hydroxylation is 1. The highest BCUT2D eigenvalue weighted by atomic mass is 15.3. The van der Waals surface area contributed by atoms with Crippen LogP contribution in [0.1, 0.15) is 31.9 Å². The van der Waals surface area contributed by atoms with Crippen LogP contribution >= 0.6 is 0 Å². The van der Waals surface area contributed by atoms with E-state index in [9.17, 15) is 0 Å². The van der Waals surface area contributed by atoms with E-state index in [-0.39, 0.29) is 12.0 Å². The third-order valence-corrected chi connectivity index (χ3v) is 3.11. The van der Waals surface area contributed by atoms with Crippen molar-refractivity contribution in [1.82, 2.24) is 19.7 Å². The second-order valence-corrected chi connectivity index (χ2v) is 4.13. The van der Waals surface area contributed by atoms with Gasteiger partial charge in [-0.2, -0.15) is 5.10 Å². The summed E-state index contributed by atoms with van der Waals surface area (Å²) in [5, 5.41) is 5.20. The molecule has 2 aromatic heterocycles. The van der Waals surface area contributed by atoms with E-state index >= 15 is 0 Å². The lowest BCUT2D eigenvalue weighted by Gasteiger charge is -2.17. The number of rotatable bonds is 3. The smallest absolute Gasteiger partial charge is 0.161 e. The van der Waals surface area contributed by atoms with Gasteiger partial charge >= 0.3 is 0 Å². The molecule has 2 heterocycles. The number of nitrogens with two attached hydrogens (primary N) is 1. The molecule has 0 aliphatic rings. The van der Waals surface area contributed by atoms with Gasteiger partial charge < -0.3 is 5.73 Å². The van der Waals surface area contributed by atoms with Gasteiger partial charge in [-0.15, -0.1) is 0 Å². The van der Waals surface area contributed by atoms with Gasteiger partial charge in [-0.3, -0.25) is 4.68 Å². The maximum Gasteiger partial charge on any atom is 0.161 e. The van der Waals surface area contributed by atoms with Crippen LogP contribution in [0.3, 0.4) is 0 Å². The Kier molecular flexibility index (Phi) is 2.87. The van der Waals surface area contributed by atoms with Gasteiger partial charge in [0.1, 0.15) is 6.33 Å². The minimum atomic E-state index is 0.123. The molecule has 0 bridgehead atoms. The summed E-state index contributed by atoms with van der Waals surface area (Å²) in [5.41, 5.74) is 7.91. The number of aromatic nitrogens is 4. The van der Waals surface area contributed by atoms with Gasteiger partial charge in [0.2, 0.25) is 0 Å². The summed E-state index contributed by atoms with van der Waals surface area (Å²) in [6, 6.07) is 0.123. The van der Waals surface area contributed by atoms with Crippen molar-refractivity contribution in [3.8, 4) is 0 Å². The third-order valence-electron chi connectivity index (χ3n) is 3.11. The first kappa shape index (κ1) is 11.0. The van der Waals surface area contributed by atoms with Gasteiger partial charge in [-0.05, 0) is 6.42 Å². The van der Waals surface area contributed by atoms with E-state index in [0.29, 0.717) is 0 Å². The molecule has 0 saturated carbocycles. The van der Waals surface area contributed by atoms with E-state index in [2.05, 4.69) is 28.9 Å². The van der Waals surface area contributed by atoms with E-state index in [1.807, 2.05) is 13.2 Å². The normalized spacial score (nSPS) is 15.2. The zero-order valence-electron chi connectivity index (χ0n) is 9.88. The van der Waals surface area contributed by atoms with Gasteiger partial charge in [-0.1, -0.05) is 13.8 Å². The fraction of sp³-hybridized carbons (Fsp3) is 0.545. The van der Waals surface area contributed by atoms with Gasteiger partial charge in [-0.25, -0.2) is 9.97 Å². The molecule has 86 valence electrons. The molecule has 5 nitrogen and oxygen atoms in total. The predicted molar refractivity (Wildman–Crippen MR) is 63.0 cm³/mol. The first-order valence-electron chi connectivity index (χ1n) is 5.53. The average molecular weight is 219 g/mol. The van der Waals surface area contributed by atoms with Crippen molar-refractivity contribution in [2.45, 2.75) is 32.2 Å². The number of hydrogen-bond acceptors (Lipinski definition) is 4. The number of fused-ring (bicyclic) bond motifs is 1. The highest BCUT2D eigenvalue weighted by Crippen LogP contribution is 2.24. The lowest BCUT2D eigenvalue weighted by atomic mass is 9.95. The lowest BCUT2D eigenvalue weighted by molar-refractivity contribution is 0.543. The molecule has 2 rings (SSSR count).